The molecule has 0 spiro atoms. The molecule has 0 bridgehead atoms. The van der Waals surface area contributed by atoms with Crippen LogP contribution >= 0.6 is 0 Å². The first-order valence-electron chi connectivity index (χ1n) is 6.27. The van der Waals surface area contributed by atoms with Crippen molar-refractivity contribution in [1.29, 1.82) is 0 Å². The molecule has 0 heterocycles. The van der Waals surface area contributed by atoms with E-state index in [4.69, 9.17) is 5.11 Å². The van der Waals surface area contributed by atoms with Crippen LogP contribution in [0.4, 0.5) is 0 Å². The molecule has 0 aromatic rings. The van der Waals surface area contributed by atoms with Crippen molar-refractivity contribution in [3.05, 3.63) is 0 Å². The maximum Gasteiger partial charge on any atom is 0.0823 e. The highest BCUT2D eigenvalue weighted by atomic mass is 16.3. The zero-order chi connectivity index (χ0) is 13.4. The van der Waals surface area contributed by atoms with Gasteiger partial charge < -0.3 is 25.5 Å². The molecule has 5 heteroatoms. The molecular weight excluding hydrogens is 224 g/mol. The van der Waals surface area contributed by atoms with Gasteiger partial charge in [0.25, 0.3) is 0 Å². The zero-order valence-electron chi connectivity index (χ0n) is 10.7. The number of aliphatic hydroxyl groups is 5. The Morgan fingerprint density at radius 3 is 1.82 bits per heavy atom. The summed E-state index contributed by atoms with van der Waals surface area (Å²) < 4.78 is 0. The van der Waals surface area contributed by atoms with Crippen LogP contribution in [-0.4, -0.2) is 56.1 Å². The van der Waals surface area contributed by atoms with Gasteiger partial charge in [-0.15, -0.1) is 0 Å². The first-order chi connectivity index (χ1) is 7.86. The van der Waals surface area contributed by atoms with Gasteiger partial charge in [-0.05, 0) is 32.6 Å². The first kappa shape index (κ1) is 16.8. The van der Waals surface area contributed by atoms with Crippen LogP contribution in [0, 0.1) is 0 Å². The van der Waals surface area contributed by atoms with E-state index in [1.165, 1.54) is 0 Å². The third-order valence-electron chi connectivity index (χ3n) is 2.84. The molecule has 0 aliphatic rings. The van der Waals surface area contributed by atoms with Gasteiger partial charge in [0.2, 0.25) is 0 Å². The van der Waals surface area contributed by atoms with Crippen molar-refractivity contribution < 1.29 is 25.5 Å². The molecule has 5 atom stereocenters. The third kappa shape index (κ3) is 8.51. The summed E-state index contributed by atoms with van der Waals surface area (Å²) in [5, 5.41) is 47.0. The molecule has 0 aliphatic heterocycles. The lowest BCUT2D eigenvalue weighted by Gasteiger charge is -2.21. The Balaban J connectivity index is 3.80. The van der Waals surface area contributed by atoms with E-state index >= 15 is 0 Å². The molecule has 0 saturated carbocycles. The van der Waals surface area contributed by atoms with Crippen molar-refractivity contribution in [2.45, 2.75) is 76.5 Å². The van der Waals surface area contributed by atoms with Crippen molar-refractivity contribution in [2.75, 3.05) is 0 Å². The molecule has 5 unspecified atom stereocenters. The normalized spacial score (nSPS) is 20.6. The van der Waals surface area contributed by atoms with Crippen molar-refractivity contribution in [3.8, 4) is 0 Å². The molecule has 0 radical (unpaired) electrons. The molecule has 5 N–H and O–H groups in total. The van der Waals surface area contributed by atoms with E-state index in [2.05, 4.69) is 0 Å². The lowest BCUT2D eigenvalue weighted by molar-refractivity contribution is -0.0236. The van der Waals surface area contributed by atoms with Crippen LogP contribution < -0.4 is 0 Å². The summed E-state index contributed by atoms with van der Waals surface area (Å²) in [5.41, 5.74) is 0. The van der Waals surface area contributed by atoms with Gasteiger partial charge >= 0.3 is 0 Å². The zero-order valence-corrected chi connectivity index (χ0v) is 10.7. The van der Waals surface area contributed by atoms with Crippen LogP contribution in [0.1, 0.15) is 46.0 Å². The molecule has 0 aromatic carbocycles. The van der Waals surface area contributed by atoms with Gasteiger partial charge in [0.05, 0.1) is 30.5 Å². The Labute approximate surface area is 103 Å². The van der Waals surface area contributed by atoms with E-state index in [1.54, 1.807) is 13.8 Å². The van der Waals surface area contributed by atoms with Crippen molar-refractivity contribution in [1.82, 2.24) is 0 Å². The summed E-state index contributed by atoms with van der Waals surface area (Å²) in [5.74, 6) is 0. The predicted octanol–water partition coefficient (Wildman–Crippen LogP) is -0.219. The maximum atomic E-state index is 9.61. The fourth-order valence-electron chi connectivity index (χ4n) is 1.67. The van der Waals surface area contributed by atoms with Gasteiger partial charge in [-0.3, -0.25) is 0 Å². The first-order valence-corrected chi connectivity index (χ1v) is 6.27. The summed E-state index contributed by atoms with van der Waals surface area (Å²) in [7, 11) is 0. The second-order valence-corrected chi connectivity index (χ2v) is 4.75. The van der Waals surface area contributed by atoms with Crippen LogP contribution in [0.5, 0.6) is 0 Å². The quantitative estimate of drug-likeness (QED) is 0.389. The molecule has 0 aromatic heterocycles. The van der Waals surface area contributed by atoms with Crippen LogP contribution in [0.3, 0.4) is 0 Å². The fraction of sp³-hybridized carbons (Fsp3) is 1.00. The molecule has 0 rings (SSSR count). The highest BCUT2D eigenvalue weighted by molar-refractivity contribution is 4.72. The van der Waals surface area contributed by atoms with E-state index in [-0.39, 0.29) is 19.3 Å². The Morgan fingerprint density at radius 2 is 1.35 bits per heavy atom. The highest BCUT2D eigenvalue weighted by Crippen LogP contribution is 2.13. The van der Waals surface area contributed by atoms with Gasteiger partial charge in [0.15, 0.2) is 0 Å². The van der Waals surface area contributed by atoms with Gasteiger partial charge in [-0.1, -0.05) is 6.92 Å². The Hall–Kier alpha value is -0.200. The van der Waals surface area contributed by atoms with Crippen molar-refractivity contribution >= 4 is 0 Å². The smallest absolute Gasteiger partial charge is 0.0823 e. The lowest BCUT2D eigenvalue weighted by Crippen LogP contribution is -2.31. The minimum absolute atomic E-state index is 0.143. The summed E-state index contributed by atoms with van der Waals surface area (Å²) in [6, 6.07) is 0. The highest BCUT2D eigenvalue weighted by Gasteiger charge is 2.20. The maximum absolute atomic E-state index is 9.61. The van der Waals surface area contributed by atoms with Crippen LogP contribution in [0.15, 0.2) is 0 Å². The monoisotopic (exact) mass is 250 g/mol. The number of hydrogen-bond donors (Lipinski definition) is 5. The third-order valence-corrected chi connectivity index (χ3v) is 2.84. The minimum Gasteiger partial charge on any atom is -0.393 e. The van der Waals surface area contributed by atoms with Crippen LogP contribution in [0.2, 0.25) is 0 Å². The second kappa shape index (κ2) is 8.83. The fourth-order valence-corrected chi connectivity index (χ4v) is 1.67. The summed E-state index contributed by atoms with van der Waals surface area (Å²) in [6.07, 6.45) is -2.25. The predicted molar refractivity (Wildman–Crippen MR) is 64.5 cm³/mol. The topological polar surface area (TPSA) is 101 Å². The minimum atomic E-state index is -0.969. The lowest BCUT2D eigenvalue weighted by atomic mass is 9.98. The second-order valence-electron chi connectivity index (χ2n) is 4.75. The van der Waals surface area contributed by atoms with Gasteiger partial charge in [-0.2, -0.15) is 0 Å². The Kier molecular flexibility index (Phi) is 8.72. The Bertz CT molecular complexity index is 186. The summed E-state index contributed by atoms with van der Waals surface area (Å²) in [4.78, 5) is 0. The van der Waals surface area contributed by atoms with E-state index < -0.39 is 30.5 Å². The molecule has 104 valence electrons. The summed E-state index contributed by atoms with van der Waals surface area (Å²) in [6.45, 7) is 3.39. The van der Waals surface area contributed by atoms with E-state index in [1.807, 2.05) is 0 Å². The number of rotatable bonds is 9. The molecule has 0 amide bonds. The van der Waals surface area contributed by atoms with Crippen LogP contribution in [-0.2, 0) is 0 Å². The van der Waals surface area contributed by atoms with Gasteiger partial charge in [0, 0.05) is 6.42 Å². The SMILES string of the molecule is CCC(O)CC(O)C(O)CCC(O)CC(C)O. The molecule has 5 nitrogen and oxygen atoms in total. The van der Waals surface area contributed by atoms with E-state index in [9.17, 15) is 20.4 Å². The van der Waals surface area contributed by atoms with Crippen LogP contribution in [0.25, 0.3) is 0 Å². The van der Waals surface area contributed by atoms with E-state index in [0.29, 0.717) is 12.8 Å². The van der Waals surface area contributed by atoms with Gasteiger partial charge in [0.1, 0.15) is 0 Å². The molecule has 0 aliphatic carbocycles. The standard InChI is InChI=1S/C12H26O5/c1-3-9(14)7-12(17)11(16)5-4-10(15)6-8(2)13/h8-17H,3-7H2,1-2H3. The van der Waals surface area contributed by atoms with Crippen molar-refractivity contribution in [3.63, 3.8) is 0 Å². The average molecular weight is 250 g/mol. The number of hydrogen-bond acceptors (Lipinski definition) is 5. The summed E-state index contributed by atoms with van der Waals surface area (Å²) >= 11 is 0. The largest absolute Gasteiger partial charge is 0.393 e. The van der Waals surface area contributed by atoms with Gasteiger partial charge in [-0.25, -0.2) is 0 Å². The van der Waals surface area contributed by atoms with Crippen molar-refractivity contribution in [2.24, 2.45) is 0 Å². The molecular formula is C12H26O5. The molecule has 0 fully saturated rings. The molecule has 0 saturated heterocycles. The average Bonchev–Trinajstić information content (AvgIpc) is 2.24. The number of aliphatic hydroxyl groups excluding tert-OH is 5. The molecule has 17 heavy (non-hydrogen) atoms. The Morgan fingerprint density at radius 1 is 0.765 bits per heavy atom. The van der Waals surface area contributed by atoms with E-state index in [0.717, 1.165) is 0 Å².